The number of furan rings is 1. The van der Waals surface area contributed by atoms with Crippen molar-refractivity contribution in [3.63, 3.8) is 0 Å². The van der Waals surface area contributed by atoms with E-state index in [1.165, 1.54) is 31.9 Å². The first-order valence-electron chi connectivity index (χ1n) is 12.8. The molecule has 2 aromatic heterocycles. The molecule has 0 radical (unpaired) electrons. The minimum absolute atomic E-state index is 0.528. The number of aromatic nitrogens is 1. The summed E-state index contributed by atoms with van der Waals surface area (Å²) in [6, 6.07) is 24.5. The molecule has 0 N–H and O–H groups in total. The standard InChI is InChI=1S/C32H35GeNO/c1-7-22(8-2)29-19-25(18-23-11-9-10-12-28(23)29)31-32-24(15-16-34-31)20-30(35-32)27-14-13-26(17-21(27)3)33(4,5)6/h9-20,22H,7-8H2,1-6H3. The van der Waals surface area contributed by atoms with Crippen LogP contribution < -0.4 is 4.40 Å². The molecule has 0 saturated heterocycles. The van der Waals surface area contributed by atoms with Gasteiger partial charge in [0.2, 0.25) is 0 Å². The van der Waals surface area contributed by atoms with Crippen LogP contribution in [-0.2, 0) is 0 Å². The molecular weight excluding hydrogens is 487 g/mol. The van der Waals surface area contributed by atoms with Crippen LogP contribution >= 0.6 is 0 Å². The van der Waals surface area contributed by atoms with Gasteiger partial charge in [-0.3, -0.25) is 0 Å². The summed E-state index contributed by atoms with van der Waals surface area (Å²) in [5.41, 5.74) is 6.77. The molecule has 0 saturated carbocycles. The number of fused-ring (bicyclic) bond motifs is 2. The molecule has 0 aliphatic heterocycles. The van der Waals surface area contributed by atoms with Gasteiger partial charge in [-0.15, -0.1) is 0 Å². The van der Waals surface area contributed by atoms with Crippen LogP contribution in [0, 0.1) is 6.92 Å². The number of hydrogen-bond acceptors (Lipinski definition) is 2. The molecule has 0 fully saturated rings. The molecule has 0 amide bonds. The van der Waals surface area contributed by atoms with E-state index in [9.17, 15) is 0 Å². The zero-order valence-electron chi connectivity index (χ0n) is 21.8. The molecule has 2 nitrogen and oxygen atoms in total. The first kappa shape index (κ1) is 23.9. The number of aryl methyl sites for hydroxylation is 1. The zero-order chi connectivity index (χ0) is 24.7. The van der Waals surface area contributed by atoms with E-state index in [2.05, 4.69) is 105 Å². The topological polar surface area (TPSA) is 26.0 Å². The second-order valence-electron chi connectivity index (χ2n) is 10.8. The summed E-state index contributed by atoms with van der Waals surface area (Å²) in [6.07, 6.45) is 4.16. The molecule has 0 aliphatic rings. The zero-order valence-corrected chi connectivity index (χ0v) is 23.9. The average Bonchev–Trinajstić information content (AvgIpc) is 3.28. The number of rotatable bonds is 6. The predicted octanol–water partition coefficient (Wildman–Crippen LogP) is 9.07. The van der Waals surface area contributed by atoms with Crippen molar-refractivity contribution < 1.29 is 4.42 Å². The molecule has 178 valence electrons. The smallest absolute Gasteiger partial charge is 0.0616 e. The van der Waals surface area contributed by atoms with Crippen molar-refractivity contribution in [2.75, 3.05) is 0 Å². The average molecular weight is 522 g/mol. The van der Waals surface area contributed by atoms with E-state index < -0.39 is 13.3 Å². The molecule has 5 rings (SSSR count). The summed E-state index contributed by atoms with van der Waals surface area (Å²) in [6.45, 7) is 6.76. The summed E-state index contributed by atoms with van der Waals surface area (Å²) >= 11 is -1.88. The van der Waals surface area contributed by atoms with Gasteiger partial charge < -0.3 is 0 Å². The molecule has 3 heteroatoms. The molecule has 5 aromatic rings. The molecule has 0 spiro atoms. The molecule has 0 atom stereocenters. The maximum absolute atomic E-state index is 6.56. The third-order valence-electron chi connectivity index (χ3n) is 7.38. The van der Waals surface area contributed by atoms with Crippen molar-refractivity contribution in [3.8, 4) is 22.6 Å². The summed E-state index contributed by atoms with van der Waals surface area (Å²) < 4.78 is 8.09. The van der Waals surface area contributed by atoms with Crippen molar-refractivity contribution in [2.24, 2.45) is 0 Å². The molecule has 35 heavy (non-hydrogen) atoms. The van der Waals surface area contributed by atoms with Crippen molar-refractivity contribution in [1.29, 1.82) is 0 Å². The maximum atomic E-state index is 6.56. The van der Waals surface area contributed by atoms with Gasteiger partial charge >= 0.3 is 167 Å². The second-order valence-corrected chi connectivity index (χ2v) is 21.4. The Kier molecular flexibility index (Phi) is 6.35. The number of benzene rings is 3. The Bertz CT molecular complexity index is 1520. The van der Waals surface area contributed by atoms with Gasteiger partial charge in [0.1, 0.15) is 0 Å². The van der Waals surface area contributed by atoms with Gasteiger partial charge in [-0.05, 0) is 12.8 Å². The molecule has 0 bridgehead atoms. The minimum atomic E-state index is -1.88. The van der Waals surface area contributed by atoms with E-state index in [1.54, 1.807) is 0 Å². The van der Waals surface area contributed by atoms with Gasteiger partial charge in [-0.25, -0.2) is 0 Å². The molecule has 2 heterocycles. The Labute approximate surface area is 211 Å². The third kappa shape index (κ3) is 4.45. The van der Waals surface area contributed by atoms with Gasteiger partial charge in [-0.2, -0.15) is 0 Å². The Morgan fingerprint density at radius 1 is 0.857 bits per heavy atom. The first-order chi connectivity index (χ1) is 16.8. The second kappa shape index (κ2) is 9.31. The van der Waals surface area contributed by atoms with E-state index in [0.717, 1.165) is 40.8 Å². The summed E-state index contributed by atoms with van der Waals surface area (Å²) in [5.74, 6) is 8.76. The number of pyridine rings is 1. The monoisotopic (exact) mass is 523 g/mol. The van der Waals surface area contributed by atoms with Crippen LogP contribution in [0.25, 0.3) is 44.3 Å². The summed E-state index contributed by atoms with van der Waals surface area (Å²) in [7, 11) is 0. The summed E-state index contributed by atoms with van der Waals surface area (Å²) in [4.78, 5) is 4.83. The van der Waals surface area contributed by atoms with Crippen LogP contribution in [0.2, 0.25) is 17.3 Å². The van der Waals surface area contributed by atoms with Crippen molar-refractivity contribution in [1.82, 2.24) is 4.98 Å². The van der Waals surface area contributed by atoms with Gasteiger partial charge in [0.25, 0.3) is 0 Å². The van der Waals surface area contributed by atoms with E-state index in [0.29, 0.717) is 5.92 Å². The first-order valence-corrected chi connectivity index (χ1v) is 20.2. The van der Waals surface area contributed by atoms with Crippen molar-refractivity contribution >= 4 is 39.4 Å². The van der Waals surface area contributed by atoms with Gasteiger partial charge in [-0.1, -0.05) is 32.0 Å². The molecule has 3 aromatic carbocycles. The predicted molar refractivity (Wildman–Crippen MR) is 153 cm³/mol. The summed E-state index contributed by atoms with van der Waals surface area (Å²) in [5, 5.41) is 3.70. The van der Waals surface area contributed by atoms with Crippen LogP contribution in [0.4, 0.5) is 0 Å². The van der Waals surface area contributed by atoms with E-state index >= 15 is 0 Å². The Morgan fingerprint density at radius 2 is 1.63 bits per heavy atom. The molecule has 0 aliphatic carbocycles. The quantitative estimate of drug-likeness (QED) is 0.208. The Hall–Kier alpha value is -2.85. The fourth-order valence-corrected chi connectivity index (χ4v) is 7.84. The van der Waals surface area contributed by atoms with E-state index in [1.807, 2.05) is 6.20 Å². The molecular formula is C32H35GeNO. The minimum Gasteiger partial charge on any atom is -0.0616 e. The number of hydrogen-bond donors (Lipinski definition) is 0. The van der Waals surface area contributed by atoms with Crippen molar-refractivity contribution in [2.45, 2.75) is 56.8 Å². The van der Waals surface area contributed by atoms with Gasteiger partial charge in [0.05, 0.1) is 0 Å². The number of nitrogens with zero attached hydrogens (tertiary/aromatic N) is 1. The molecule has 0 unspecified atom stereocenters. The van der Waals surface area contributed by atoms with Crippen LogP contribution in [-0.4, -0.2) is 18.3 Å². The fourth-order valence-electron chi connectivity index (χ4n) is 5.25. The third-order valence-corrected chi connectivity index (χ3v) is 11.7. The normalized spacial score (nSPS) is 12.2. The fraction of sp³-hybridized carbons (Fsp3) is 0.281. The Morgan fingerprint density at radius 3 is 2.34 bits per heavy atom. The van der Waals surface area contributed by atoms with Crippen LogP contribution in [0.15, 0.2) is 77.3 Å². The van der Waals surface area contributed by atoms with E-state index in [4.69, 9.17) is 9.40 Å². The van der Waals surface area contributed by atoms with Crippen LogP contribution in [0.5, 0.6) is 0 Å². The van der Waals surface area contributed by atoms with Gasteiger partial charge in [0, 0.05) is 0 Å². The van der Waals surface area contributed by atoms with Crippen LogP contribution in [0.3, 0.4) is 0 Å². The SMILES string of the molecule is CCC(CC)c1cc(-c2nccc3cc(-c4cc[c]([Ge]([CH3])([CH3])[CH3])cc4C)oc23)cc2ccccc12. The van der Waals surface area contributed by atoms with Gasteiger partial charge in [0.15, 0.2) is 0 Å². The van der Waals surface area contributed by atoms with Crippen molar-refractivity contribution in [3.05, 3.63) is 84.1 Å². The van der Waals surface area contributed by atoms with E-state index in [-0.39, 0.29) is 0 Å². The Balaban J connectivity index is 1.67. The van der Waals surface area contributed by atoms with Crippen LogP contribution in [0.1, 0.15) is 43.7 Å².